The average Bonchev–Trinajstić information content (AvgIpc) is 3.25. The molecule has 0 saturated heterocycles. The van der Waals surface area contributed by atoms with Gasteiger partial charge in [0.25, 0.3) is 5.91 Å². The standard InChI is InChI=1S/C21H23N3O6/c1-24(21(25)14-10-16(27-3)19(29-5)17(11-14)28-4)12-18-22-20(23-30-18)13-6-8-15(26-2)9-7-13/h6-11H,12H2,1-5H3. The van der Waals surface area contributed by atoms with Gasteiger partial charge in [-0.15, -0.1) is 0 Å². The van der Waals surface area contributed by atoms with E-state index in [1.807, 2.05) is 24.3 Å². The Kier molecular flexibility index (Phi) is 6.41. The maximum atomic E-state index is 12.9. The molecule has 0 aliphatic carbocycles. The monoisotopic (exact) mass is 413 g/mol. The number of benzene rings is 2. The fraction of sp³-hybridized carbons (Fsp3) is 0.286. The summed E-state index contributed by atoms with van der Waals surface area (Å²) in [5, 5.41) is 3.98. The Balaban J connectivity index is 1.77. The van der Waals surface area contributed by atoms with Gasteiger partial charge in [-0.25, -0.2) is 0 Å². The van der Waals surface area contributed by atoms with Crippen LogP contribution in [0.3, 0.4) is 0 Å². The zero-order valence-electron chi connectivity index (χ0n) is 17.5. The van der Waals surface area contributed by atoms with E-state index in [1.54, 1.807) is 26.3 Å². The first-order valence-electron chi connectivity index (χ1n) is 9.03. The summed E-state index contributed by atoms with van der Waals surface area (Å²) in [7, 11) is 7.73. The molecular weight excluding hydrogens is 390 g/mol. The van der Waals surface area contributed by atoms with Crippen molar-refractivity contribution in [1.82, 2.24) is 15.0 Å². The predicted octanol–water partition coefficient (Wildman–Crippen LogP) is 3.04. The molecule has 0 aliphatic rings. The molecular formula is C21H23N3O6. The maximum Gasteiger partial charge on any atom is 0.254 e. The Hall–Kier alpha value is -3.75. The SMILES string of the molecule is COc1ccc(-c2noc(CN(C)C(=O)c3cc(OC)c(OC)c(OC)c3)n2)cc1. The molecule has 0 atom stereocenters. The van der Waals surface area contributed by atoms with Crippen molar-refractivity contribution in [2.75, 3.05) is 35.5 Å². The fourth-order valence-corrected chi connectivity index (χ4v) is 2.88. The van der Waals surface area contributed by atoms with Crippen molar-refractivity contribution in [1.29, 1.82) is 0 Å². The molecule has 2 aromatic carbocycles. The summed E-state index contributed by atoms with van der Waals surface area (Å²) in [6, 6.07) is 10.5. The molecule has 9 heteroatoms. The van der Waals surface area contributed by atoms with Gasteiger partial charge in [-0.05, 0) is 36.4 Å². The van der Waals surface area contributed by atoms with Crippen LogP contribution in [0.15, 0.2) is 40.9 Å². The Morgan fingerprint density at radius 1 is 0.967 bits per heavy atom. The summed E-state index contributed by atoms with van der Waals surface area (Å²) in [6.45, 7) is 0.138. The quantitative estimate of drug-likeness (QED) is 0.556. The van der Waals surface area contributed by atoms with Gasteiger partial charge in [0.2, 0.25) is 17.5 Å². The van der Waals surface area contributed by atoms with E-state index in [0.717, 1.165) is 11.3 Å². The Morgan fingerprint density at radius 2 is 1.60 bits per heavy atom. The van der Waals surface area contributed by atoms with Gasteiger partial charge in [0.15, 0.2) is 11.5 Å². The molecule has 0 spiro atoms. The summed E-state index contributed by atoms with van der Waals surface area (Å²) >= 11 is 0. The fourth-order valence-electron chi connectivity index (χ4n) is 2.88. The maximum absolute atomic E-state index is 12.9. The van der Waals surface area contributed by atoms with Crippen molar-refractivity contribution in [3.63, 3.8) is 0 Å². The number of carbonyl (C=O) groups is 1. The van der Waals surface area contributed by atoms with Crippen molar-refractivity contribution >= 4 is 5.91 Å². The van der Waals surface area contributed by atoms with Gasteiger partial charge in [-0.2, -0.15) is 4.98 Å². The second-order valence-corrected chi connectivity index (χ2v) is 6.32. The molecule has 1 amide bonds. The van der Waals surface area contributed by atoms with Crippen LogP contribution in [0.25, 0.3) is 11.4 Å². The number of methoxy groups -OCH3 is 4. The minimum Gasteiger partial charge on any atom is -0.497 e. The predicted molar refractivity (Wildman–Crippen MR) is 108 cm³/mol. The summed E-state index contributed by atoms with van der Waals surface area (Å²) < 4.78 is 26.4. The topological polar surface area (TPSA) is 96.2 Å². The van der Waals surface area contributed by atoms with Crippen LogP contribution in [0.2, 0.25) is 0 Å². The number of carbonyl (C=O) groups excluding carboxylic acids is 1. The van der Waals surface area contributed by atoms with E-state index in [1.165, 1.54) is 26.2 Å². The number of nitrogens with zero attached hydrogens (tertiary/aromatic N) is 3. The number of rotatable bonds is 8. The van der Waals surface area contributed by atoms with Gasteiger partial charge >= 0.3 is 0 Å². The van der Waals surface area contributed by atoms with E-state index in [2.05, 4.69) is 10.1 Å². The van der Waals surface area contributed by atoms with Gasteiger partial charge in [0, 0.05) is 18.2 Å². The summed E-state index contributed by atoms with van der Waals surface area (Å²) in [4.78, 5) is 18.7. The third-order valence-electron chi connectivity index (χ3n) is 4.45. The first-order chi connectivity index (χ1) is 14.5. The third-order valence-corrected chi connectivity index (χ3v) is 4.45. The van der Waals surface area contributed by atoms with Gasteiger partial charge < -0.3 is 28.4 Å². The second-order valence-electron chi connectivity index (χ2n) is 6.32. The Morgan fingerprint density at radius 3 is 2.13 bits per heavy atom. The highest BCUT2D eigenvalue weighted by molar-refractivity contribution is 5.95. The summed E-state index contributed by atoms with van der Waals surface area (Å²) in [5.41, 5.74) is 1.16. The van der Waals surface area contributed by atoms with Gasteiger partial charge in [0.05, 0.1) is 35.0 Å². The highest BCUT2D eigenvalue weighted by Gasteiger charge is 2.21. The Labute approximate surface area is 174 Å². The first kappa shape index (κ1) is 21.0. The van der Waals surface area contributed by atoms with E-state index in [4.69, 9.17) is 23.5 Å². The lowest BCUT2D eigenvalue weighted by Crippen LogP contribution is -2.26. The summed E-state index contributed by atoms with van der Waals surface area (Å²) in [6.07, 6.45) is 0. The molecule has 0 radical (unpaired) electrons. The number of amides is 1. The second kappa shape index (κ2) is 9.17. The summed E-state index contributed by atoms with van der Waals surface area (Å²) in [5.74, 6) is 2.42. The van der Waals surface area contributed by atoms with Gasteiger partial charge in [0.1, 0.15) is 5.75 Å². The van der Waals surface area contributed by atoms with Gasteiger partial charge in [-0.3, -0.25) is 4.79 Å². The number of hydrogen-bond donors (Lipinski definition) is 0. The lowest BCUT2D eigenvalue weighted by molar-refractivity contribution is 0.0768. The van der Waals surface area contributed by atoms with Crippen LogP contribution >= 0.6 is 0 Å². The van der Waals surface area contributed by atoms with Crippen molar-refractivity contribution in [2.45, 2.75) is 6.54 Å². The van der Waals surface area contributed by atoms with E-state index in [0.29, 0.717) is 34.5 Å². The first-order valence-corrected chi connectivity index (χ1v) is 9.03. The van der Waals surface area contributed by atoms with Crippen LogP contribution in [-0.2, 0) is 6.54 Å². The molecule has 9 nitrogen and oxygen atoms in total. The lowest BCUT2D eigenvalue weighted by atomic mass is 10.1. The lowest BCUT2D eigenvalue weighted by Gasteiger charge is -2.18. The zero-order valence-corrected chi connectivity index (χ0v) is 17.5. The van der Waals surface area contributed by atoms with Gasteiger partial charge in [-0.1, -0.05) is 5.16 Å². The molecule has 0 saturated carbocycles. The van der Waals surface area contributed by atoms with E-state index >= 15 is 0 Å². The largest absolute Gasteiger partial charge is 0.497 e. The van der Waals surface area contributed by atoms with Crippen molar-refractivity contribution < 1.29 is 28.3 Å². The average molecular weight is 413 g/mol. The number of hydrogen-bond acceptors (Lipinski definition) is 8. The van der Waals surface area contributed by atoms with Crippen LogP contribution in [0, 0.1) is 0 Å². The molecule has 1 aromatic heterocycles. The van der Waals surface area contributed by atoms with E-state index in [-0.39, 0.29) is 12.5 Å². The van der Waals surface area contributed by atoms with Crippen LogP contribution in [0.5, 0.6) is 23.0 Å². The highest BCUT2D eigenvalue weighted by Crippen LogP contribution is 2.38. The molecule has 0 fully saturated rings. The molecule has 158 valence electrons. The molecule has 0 unspecified atom stereocenters. The number of aromatic nitrogens is 2. The van der Waals surface area contributed by atoms with Crippen molar-refractivity contribution in [2.24, 2.45) is 0 Å². The van der Waals surface area contributed by atoms with E-state index < -0.39 is 0 Å². The van der Waals surface area contributed by atoms with Crippen LogP contribution < -0.4 is 18.9 Å². The molecule has 0 bridgehead atoms. The number of ether oxygens (including phenoxy) is 4. The van der Waals surface area contributed by atoms with Crippen LogP contribution in [0.1, 0.15) is 16.2 Å². The molecule has 3 rings (SSSR count). The van der Waals surface area contributed by atoms with Crippen molar-refractivity contribution in [3.05, 3.63) is 47.9 Å². The minimum atomic E-state index is -0.265. The Bertz CT molecular complexity index is 991. The molecule has 30 heavy (non-hydrogen) atoms. The molecule has 0 N–H and O–H groups in total. The highest BCUT2D eigenvalue weighted by atomic mass is 16.5. The van der Waals surface area contributed by atoms with Crippen LogP contribution in [-0.4, -0.2) is 56.4 Å². The van der Waals surface area contributed by atoms with Crippen LogP contribution in [0.4, 0.5) is 0 Å². The normalized spacial score (nSPS) is 10.4. The zero-order chi connectivity index (χ0) is 21.7. The van der Waals surface area contributed by atoms with E-state index in [9.17, 15) is 4.79 Å². The third kappa shape index (κ3) is 4.29. The molecule has 3 aromatic rings. The van der Waals surface area contributed by atoms with Crippen molar-refractivity contribution in [3.8, 4) is 34.4 Å². The smallest absolute Gasteiger partial charge is 0.254 e. The minimum absolute atomic E-state index is 0.138. The molecule has 1 heterocycles. The molecule has 0 aliphatic heterocycles.